The van der Waals surface area contributed by atoms with E-state index in [1.54, 1.807) is 12.4 Å². The van der Waals surface area contributed by atoms with Crippen LogP contribution in [-0.2, 0) is 6.54 Å². The molecule has 0 spiro atoms. The van der Waals surface area contributed by atoms with E-state index in [4.69, 9.17) is 0 Å². The highest BCUT2D eigenvalue weighted by Crippen LogP contribution is 2.20. The molecule has 0 amide bonds. The molecule has 26 heavy (non-hydrogen) atoms. The lowest BCUT2D eigenvalue weighted by molar-refractivity contribution is 0.198. The minimum absolute atomic E-state index is 0.264. The molecular formula is C19H22N6O. The van der Waals surface area contributed by atoms with Crippen molar-refractivity contribution in [3.63, 3.8) is 0 Å². The third-order valence-electron chi connectivity index (χ3n) is 4.58. The molecule has 7 heteroatoms. The molecule has 1 aromatic carbocycles. The summed E-state index contributed by atoms with van der Waals surface area (Å²) in [6.07, 6.45) is 6.00. The average molecular weight is 350 g/mol. The molecule has 1 aliphatic heterocycles. The summed E-state index contributed by atoms with van der Waals surface area (Å²) in [5, 5.41) is 14.0. The fourth-order valence-corrected chi connectivity index (χ4v) is 3.17. The molecule has 0 aliphatic carbocycles. The molecule has 4 rings (SSSR count). The van der Waals surface area contributed by atoms with E-state index in [1.807, 2.05) is 35.0 Å². The van der Waals surface area contributed by atoms with Gasteiger partial charge in [-0.1, -0.05) is 12.1 Å². The van der Waals surface area contributed by atoms with E-state index in [0.717, 1.165) is 24.5 Å². The molecule has 1 unspecified atom stereocenters. The summed E-state index contributed by atoms with van der Waals surface area (Å²) in [5.41, 5.74) is 2.21. The lowest BCUT2D eigenvalue weighted by Crippen LogP contribution is -2.24. The largest absolute Gasteiger partial charge is 0.391 e. The van der Waals surface area contributed by atoms with Gasteiger partial charge in [-0.05, 0) is 36.2 Å². The van der Waals surface area contributed by atoms with Crippen LogP contribution in [0.4, 0.5) is 11.8 Å². The topological polar surface area (TPSA) is 70.3 Å². The van der Waals surface area contributed by atoms with Crippen LogP contribution in [0.2, 0.25) is 0 Å². The molecular weight excluding hydrogens is 328 g/mol. The molecule has 134 valence electrons. The number of β-amino-alcohol motifs (C(OH)–C–C–N with tert-alkyl or cyclic N) is 1. The molecule has 3 aromatic rings. The van der Waals surface area contributed by atoms with E-state index in [-0.39, 0.29) is 6.10 Å². The Balaban J connectivity index is 1.45. The zero-order valence-electron chi connectivity index (χ0n) is 14.7. The molecule has 1 atom stereocenters. The second-order valence-corrected chi connectivity index (χ2v) is 6.58. The molecule has 3 heterocycles. The number of benzene rings is 1. The van der Waals surface area contributed by atoms with E-state index in [2.05, 4.69) is 44.2 Å². The van der Waals surface area contributed by atoms with Gasteiger partial charge in [0, 0.05) is 45.3 Å². The van der Waals surface area contributed by atoms with Crippen LogP contribution < -0.4 is 9.80 Å². The number of rotatable bonds is 5. The van der Waals surface area contributed by atoms with Crippen molar-refractivity contribution in [3.05, 3.63) is 60.6 Å². The van der Waals surface area contributed by atoms with E-state index in [0.29, 0.717) is 19.0 Å². The Morgan fingerprint density at radius 2 is 2.04 bits per heavy atom. The van der Waals surface area contributed by atoms with Gasteiger partial charge in [0.15, 0.2) is 0 Å². The highest BCUT2D eigenvalue weighted by Gasteiger charge is 2.21. The maximum atomic E-state index is 9.72. The minimum Gasteiger partial charge on any atom is -0.391 e. The number of aromatic nitrogens is 4. The van der Waals surface area contributed by atoms with Crippen LogP contribution in [0.15, 0.2) is 55.0 Å². The van der Waals surface area contributed by atoms with Crippen molar-refractivity contribution in [1.29, 1.82) is 0 Å². The van der Waals surface area contributed by atoms with Crippen LogP contribution in [0.3, 0.4) is 0 Å². The Kier molecular flexibility index (Phi) is 4.53. The van der Waals surface area contributed by atoms with Gasteiger partial charge < -0.3 is 14.9 Å². The summed E-state index contributed by atoms with van der Waals surface area (Å²) >= 11 is 0. The van der Waals surface area contributed by atoms with Crippen molar-refractivity contribution in [2.75, 3.05) is 29.9 Å². The normalized spacial score (nSPS) is 16.8. The number of nitrogens with zero attached hydrogens (tertiary/aromatic N) is 6. The number of aliphatic hydroxyl groups excluding tert-OH is 1. The maximum Gasteiger partial charge on any atom is 0.227 e. The van der Waals surface area contributed by atoms with Crippen molar-refractivity contribution >= 4 is 11.8 Å². The van der Waals surface area contributed by atoms with Crippen LogP contribution in [-0.4, -0.2) is 51.1 Å². The highest BCUT2D eigenvalue weighted by atomic mass is 16.3. The molecule has 0 saturated carbocycles. The summed E-state index contributed by atoms with van der Waals surface area (Å²) < 4.78 is 1.84. The van der Waals surface area contributed by atoms with Gasteiger partial charge in [0.05, 0.1) is 11.8 Å². The lowest BCUT2D eigenvalue weighted by atomic mass is 10.2. The number of aliphatic hydroxyl groups is 1. The predicted octanol–water partition coefficient (Wildman–Crippen LogP) is 1.87. The smallest absolute Gasteiger partial charge is 0.227 e. The number of hydrogen-bond acceptors (Lipinski definition) is 6. The highest BCUT2D eigenvalue weighted by molar-refractivity contribution is 5.45. The first-order valence-corrected chi connectivity index (χ1v) is 8.75. The average Bonchev–Trinajstić information content (AvgIpc) is 3.34. The molecule has 1 N–H and O–H groups in total. The van der Waals surface area contributed by atoms with Crippen molar-refractivity contribution in [2.24, 2.45) is 0 Å². The van der Waals surface area contributed by atoms with E-state index >= 15 is 0 Å². The summed E-state index contributed by atoms with van der Waals surface area (Å²) in [4.78, 5) is 13.2. The Labute approximate surface area is 152 Å². The summed E-state index contributed by atoms with van der Waals surface area (Å²) in [5.74, 6) is 1.55. The number of anilines is 2. The van der Waals surface area contributed by atoms with Crippen molar-refractivity contribution in [1.82, 2.24) is 19.7 Å². The third-order valence-corrected chi connectivity index (χ3v) is 4.58. The van der Waals surface area contributed by atoms with E-state index in [1.165, 1.54) is 5.56 Å². The fourth-order valence-electron chi connectivity index (χ4n) is 3.17. The van der Waals surface area contributed by atoms with Crippen molar-refractivity contribution in [3.8, 4) is 5.69 Å². The van der Waals surface area contributed by atoms with Crippen molar-refractivity contribution in [2.45, 2.75) is 19.1 Å². The quantitative estimate of drug-likeness (QED) is 0.758. The molecule has 1 saturated heterocycles. The first kappa shape index (κ1) is 16.5. The summed E-state index contributed by atoms with van der Waals surface area (Å²) in [6.45, 7) is 2.18. The Morgan fingerprint density at radius 1 is 1.19 bits per heavy atom. The van der Waals surface area contributed by atoms with Crippen LogP contribution in [0, 0.1) is 0 Å². The van der Waals surface area contributed by atoms with Crippen LogP contribution in [0.1, 0.15) is 12.0 Å². The van der Waals surface area contributed by atoms with Gasteiger partial charge in [-0.2, -0.15) is 10.1 Å². The summed E-state index contributed by atoms with van der Waals surface area (Å²) in [7, 11) is 1.99. The van der Waals surface area contributed by atoms with Gasteiger partial charge in [0.1, 0.15) is 5.82 Å². The van der Waals surface area contributed by atoms with Crippen LogP contribution in [0.5, 0.6) is 0 Å². The predicted molar refractivity (Wildman–Crippen MR) is 101 cm³/mol. The van der Waals surface area contributed by atoms with Crippen LogP contribution in [0.25, 0.3) is 5.69 Å². The first-order chi connectivity index (χ1) is 12.7. The Morgan fingerprint density at radius 3 is 2.73 bits per heavy atom. The molecule has 2 aromatic heterocycles. The monoisotopic (exact) mass is 350 g/mol. The molecule has 1 aliphatic rings. The summed E-state index contributed by atoms with van der Waals surface area (Å²) in [6, 6.07) is 12.1. The zero-order chi connectivity index (χ0) is 17.9. The van der Waals surface area contributed by atoms with Gasteiger partial charge in [-0.3, -0.25) is 0 Å². The fraction of sp³-hybridized carbons (Fsp3) is 0.316. The molecule has 7 nitrogen and oxygen atoms in total. The standard InChI is InChI=1S/C19H22N6O/c1-23(13-15-3-5-16(6-4-15)25-11-2-9-21-25)19-20-10-7-18(22-19)24-12-8-17(26)14-24/h2-7,9-11,17,26H,8,12-14H2,1H3. The molecule has 0 radical (unpaired) electrons. The Hall–Kier alpha value is -2.93. The first-order valence-electron chi connectivity index (χ1n) is 8.75. The maximum absolute atomic E-state index is 9.72. The van der Waals surface area contributed by atoms with Crippen molar-refractivity contribution < 1.29 is 5.11 Å². The second-order valence-electron chi connectivity index (χ2n) is 6.58. The van der Waals surface area contributed by atoms with Gasteiger partial charge in [0.25, 0.3) is 0 Å². The molecule has 1 fully saturated rings. The zero-order valence-corrected chi connectivity index (χ0v) is 14.7. The Bertz CT molecular complexity index is 849. The van der Waals surface area contributed by atoms with Gasteiger partial charge >= 0.3 is 0 Å². The SMILES string of the molecule is CN(Cc1ccc(-n2cccn2)cc1)c1nccc(N2CCC(O)C2)n1. The third kappa shape index (κ3) is 3.52. The minimum atomic E-state index is -0.264. The van der Waals surface area contributed by atoms with Gasteiger partial charge in [0.2, 0.25) is 5.95 Å². The second kappa shape index (κ2) is 7.13. The van der Waals surface area contributed by atoms with Crippen LogP contribution >= 0.6 is 0 Å². The lowest BCUT2D eigenvalue weighted by Gasteiger charge is -2.21. The van der Waals surface area contributed by atoms with Gasteiger partial charge in [-0.25, -0.2) is 9.67 Å². The van der Waals surface area contributed by atoms with E-state index in [9.17, 15) is 5.11 Å². The van der Waals surface area contributed by atoms with Gasteiger partial charge in [-0.15, -0.1) is 0 Å². The molecule has 0 bridgehead atoms. The number of hydrogen-bond donors (Lipinski definition) is 1. The van der Waals surface area contributed by atoms with E-state index < -0.39 is 0 Å².